The van der Waals surface area contributed by atoms with Gasteiger partial charge in [0.15, 0.2) is 0 Å². The van der Waals surface area contributed by atoms with E-state index in [1.54, 1.807) is 0 Å². The van der Waals surface area contributed by atoms with Crippen LogP contribution >= 0.6 is 0 Å². The number of pyridine rings is 1. The molecule has 2 amide bonds. The van der Waals surface area contributed by atoms with Gasteiger partial charge in [-0.1, -0.05) is 0 Å². The van der Waals surface area contributed by atoms with Crippen LogP contribution in [0.25, 0.3) is 0 Å². The largest absolute Gasteiger partial charge is 0.471 e. The Bertz CT molecular complexity index is 629. The SMILES string of the molecule is O=C1CCC(C(=O)N2CC(Oc3cc(C(F)(F)F)ccn3)C2)N1. The zero-order valence-corrected chi connectivity index (χ0v) is 12.0. The van der Waals surface area contributed by atoms with Crippen molar-refractivity contribution < 1.29 is 27.5 Å². The molecule has 1 N–H and O–H groups in total. The van der Waals surface area contributed by atoms with Gasteiger partial charge in [-0.3, -0.25) is 9.59 Å². The molecule has 0 aliphatic carbocycles. The molecule has 0 saturated carbocycles. The van der Waals surface area contributed by atoms with Crippen molar-refractivity contribution in [2.24, 2.45) is 0 Å². The van der Waals surface area contributed by atoms with Gasteiger partial charge >= 0.3 is 6.18 Å². The van der Waals surface area contributed by atoms with Gasteiger partial charge in [-0.25, -0.2) is 4.98 Å². The fourth-order valence-electron chi connectivity index (χ4n) is 2.53. The van der Waals surface area contributed by atoms with Crippen LogP contribution in [-0.2, 0) is 15.8 Å². The van der Waals surface area contributed by atoms with Gasteiger partial charge in [-0.15, -0.1) is 0 Å². The number of hydrogen-bond donors (Lipinski definition) is 1. The van der Waals surface area contributed by atoms with E-state index in [0.717, 1.165) is 18.3 Å². The van der Waals surface area contributed by atoms with Gasteiger partial charge in [-0.05, 0) is 12.5 Å². The number of nitrogens with zero attached hydrogens (tertiary/aromatic N) is 2. The first kappa shape index (κ1) is 15.6. The van der Waals surface area contributed by atoms with Crippen LogP contribution in [-0.4, -0.2) is 46.9 Å². The molecular weight excluding hydrogens is 315 g/mol. The third-order valence-corrected chi connectivity index (χ3v) is 3.80. The summed E-state index contributed by atoms with van der Waals surface area (Å²) >= 11 is 0. The molecule has 0 spiro atoms. The molecule has 1 aromatic rings. The number of carbonyl (C=O) groups excluding carboxylic acids is 2. The fourth-order valence-corrected chi connectivity index (χ4v) is 2.53. The van der Waals surface area contributed by atoms with Gasteiger partial charge in [-0.2, -0.15) is 13.2 Å². The van der Waals surface area contributed by atoms with E-state index in [1.807, 2.05) is 0 Å². The Hall–Kier alpha value is -2.32. The van der Waals surface area contributed by atoms with Gasteiger partial charge < -0.3 is 15.0 Å². The molecular formula is C14H14F3N3O3. The lowest BCUT2D eigenvalue weighted by Gasteiger charge is -2.39. The highest BCUT2D eigenvalue weighted by Gasteiger charge is 2.38. The minimum absolute atomic E-state index is 0.119. The Morgan fingerprint density at radius 1 is 1.39 bits per heavy atom. The quantitative estimate of drug-likeness (QED) is 0.897. The zero-order chi connectivity index (χ0) is 16.6. The maximum absolute atomic E-state index is 12.6. The monoisotopic (exact) mass is 329 g/mol. The van der Waals surface area contributed by atoms with Crippen molar-refractivity contribution in [2.75, 3.05) is 13.1 Å². The molecule has 0 radical (unpaired) electrons. The maximum atomic E-state index is 12.6. The van der Waals surface area contributed by atoms with Crippen molar-refractivity contribution >= 4 is 11.8 Å². The van der Waals surface area contributed by atoms with Crippen LogP contribution in [0, 0.1) is 0 Å². The van der Waals surface area contributed by atoms with Gasteiger partial charge in [0.25, 0.3) is 0 Å². The number of rotatable bonds is 3. The molecule has 1 unspecified atom stereocenters. The molecule has 0 aromatic carbocycles. The summed E-state index contributed by atoms with van der Waals surface area (Å²) in [6.07, 6.45) is -3.02. The van der Waals surface area contributed by atoms with Crippen molar-refractivity contribution in [3.8, 4) is 5.88 Å². The topological polar surface area (TPSA) is 71.5 Å². The summed E-state index contributed by atoms with van der Waals surface area (Å²) in [4.78, 5) is 28.4. The number of halogens is 3. The lowest BCUT2D eigenvalue weighted by atomic mass is 10.1. The average Bonchev–Trinajstić information content (AvgIpc) is 2.88. The van der Waals surface area contributed by atoms with Crippen LogP contribution in [0.5, 0.6) is 5.88 Å². The van der Waals surface area contributed by atoms with Crippen LogP contribution < -0.4 is 10.1 Å². The summed E-state index contributed by atoms with van der Waals surface area (Å²) < 4.78 is 43.2. The maximum Gasteiger partial charge on any atom is 0.416 e. The predicted octanol–water partition coefficient (Wildman–Crippen LogP) is 0.969. The van der Waals surface area contributed by atoms with E-state index in [-0.39, 0.29) is 30.8 Å². The molecule has 2 saturated heterocycles. The van der Waals surface area contributed by atoms with Gasteiger partial charge in [0.05, 0.1) is 18.7 Å². The fraction of sp³-hybridized carbons (Fsp3) is 0.500. The first-order valence-electron chi connectivity index (χ1n) is 7.11. The highest BCUT2D eigenvalue weighted by Crippen LogP contribution is 2.31. The average molecular weight is 329 g/mol. The summed E-state index contributed by atoms with van der Waals surface area (Å²) in [5.41, 5.74) is -0.830. The summed E-state index contributed by atoms with van der Waals surface area (Å²) in [7, 11) is 0. The van der Waals surface area contributed by atoms with Crippen molar-refractivity contribution in [1.82, 2.24) is 15.2 Å². The molecule has 1 aromatic heterocycles. The number of alkyl halides is 3. The number of ether oxygens (including phenoxy) is 1. The van der Waals surface area contributed by atoms with E-state index in [1.165, 1.54) is 4.90 Å². The van der Waals surface area contributed by atoms with Crippen molar-refractivity contribution in [1.29, 1.82) is 0 Å². The van der Waals surface area contributed by atoms with Crippen molar-refractivity contribution in [2.45, 2.75) is 31.2 Å². The molecule has 2 fully saturated rings. The van der Waals surface area contributed by atoms with Gasteiger partial charge in [0.2, 0.25) is 17.7 Å². The van der Waals surface area contributed by atoms with Gasteiger partial charge in [0.1, 0.15) is 12.1 Å². The lowest BCUT2D eigenvalue weighted by Crippen LogP contribution is -2.59. The van der Waals surface area contributed by atoms with E-state index in [4.69, 9.17) is 4.74 Å². The number of aromatic nitrogens is 1. The molecule has 0 bridgehead atoms. The molecule has 2 aliphatic heterocycles. The molecule has 9 heteroatoms. The molecule has 124 valence electrons. The van der Waals surface area contributed by atoms with Crippen LogP contribution in [0.15, 0.2) is 18.3 Å². The standard InChI is InChI=1S/C14H14F3N3O3/c15-14(16,17)8-3-4-18-12(5-8)23-9-6-20(7-9)13(22)10-1-2-11(21)19-10/h3-5,9-10H,1-2,6-7H2,(H,19,21). The lowest BCUT2D eigenvalue weighted by molar-refractivity contribution is -0.142. The van der Waals surface area contributed by atoms with Crippen molar-refractivity contribution in [3.05, 3.63) is 23.9 Å². The number of nitrogens with one attached hydrogen (secondary N) is 1. The molecule has 23 heavy (non-hydrogen) atoms. The van der Waals surface area contributed by atoms with Crippen LogP contribution in [0.2, 0.25) is 0 Å². The molecule has 3 rings (SSSR count). The zero-order valence-electron chi connectivity index (χ0n) is 12.0. The van der Waals surface area contributed by atoms with E-state index < -0.39 is 23.9 Å². The second-order valence-electron chi connectivity index (χ2n) is 5.52. The van der Waals surface area contributed by atoms with E-state index in [2.05, 4.69) is 10.3 Å². The van der Waals surface area contributed by atoms with E-state index >= 15 is 0 Å². The van der Waals surface area contributed by atoms with Crippen LogP contribution in [0.3, 0.4) is 0 Å². The first-order chi connectivity index (χ1) is 10.8. The number of likely N-dealkylation sites (tertiary alicyclic amines) is 1. The summed E-state index contributed by atoms with van der Waals surface area (Å²) in [6, 6.07) is 1.20. The second-order valence-corrected chi connectivity index (χ2v) is 5.52. The predicted molar refractivity (Wildman–Crippen MR) is 71.4 cm³/mol. The molecule has 6 nitrogen and oxygen atoms in total. The van der Waals surface area contributed by atoms with Crippen LogP contribution in [0.1, 0.15) is 18.4 Å². The van der Waals surface area contributed by atoms with Crippen LogP contribution in [0.4, 0.5) is 13.2 Å². The number of hydrogen-bond acceptors (Lipinski definition) is 4. The minimum atomic E-state index is -4.46. The molecule has 2 aliphatic rings. The third kappa shape index (κ3) is 3.38. The van der Waals surface area contributed by atoms with E-state index in [0.29, 0.717) is 12.8 Å². The summed E-state index contributed by atoms with van der Waals surface area (Å²) in [6.45, 7) is 0.534. The second kappa shape index (κ2) is 5.71. The highest BCUT2D eigenvalue weighted by atomic mass is 19.4. The smallest absolute Gasteiger partial charge is 0.416 e. The van der Waals surface area contributed by atoms with Crippen molar-refractivity contribution in [3.63, 3.8) is 0 Å². The summed E-state index contributed by atoms with van der Waals surface area (Å²) in [5.74, 6) is -0.455. The molecule has 3 heterocycles. The normalized spacial score (nSPS) is 21.8. The third-order valence-electron chi connectivity index (χ3n) is 3.80. The van der Waals surface area contributed by atoms with Gasteiger partial charge in [0, 0.05) is 18.7 Å². The summed E-state index contributed by atoms with van der Waals surface area (Å²) in [5, 5.41) is 2.58. The minimum Gasteiger partial charge on any atom is -0.471 e. The Kier molecular flexibility index (Phi) is 3.87. The Morgan fingerprint density at radius 3 is 2.74 bits per heavy atom. The number of carbonyl (C=O) groups is 2. The highest BCUT2D eigenvalue weighted by molar-refractivity contribution is 5.91. The first-order valence-corrected chi connectivity index (χ1v) is 7.11. The molecule has 1 atom stereocenters. The van der Waals surface area contributed by atoms with E-state index in [9.17, 15) is 22.8 Å². The number of amides is 2. The Morgan fingerprint density at radius 2 is 2.13 bits per heavy atom. The Labute approximate surface area is 129 Å². The Balaban J connectivity index is 1.52.